The van der Waals surface area contributed by atoms with Gasteiger partial charge in [0.2, 0.25) is 0 Å². The number of aromatic nitrogens is 1. The average Bonchev–Trinajstić information content (AvgIpc) is 3.26. The predicted octanol–water partition coefficient (Wildman–Crippen LogP) is 3.05. The molecule has 0 fully saturated rings. The maximum atomic E-state index is 14.0. The number of hydrogen-bond acceptors (Lipinski definition) is 8. The molecular weight excluding hydrogens is 530 g/mol. The summed E-state index contributed by atoms with van der Waals surface area (Å²) in [6, 6.07) is 13.8. The molecule has 2 aromatic carbocycles. The number of benzene rings is 2. The highest BCUT2D eigenvalue weighted by Crippen LogP contribution is 2.36. The maximum absolute atomic E-state index is 14.0. The number of fused-ring (bicyclic) bond motifs is 1. The lowest BCUT2D eigenvalue weighted by Gasteiger charge is -2.29. The summed E-state index contributed by atoms with van der Waals surface area (Å²) in [4.78, 5) is 46.6. The van der Waals surface area contributed by atoms with E-state index in [1.165, 1.54) is 11.3 Å². The van der Waals surface area contributed by atoms with E-state index in [1.54, 1.807) is 54.7 Å². The van der Waals surface area contributed by atoms with Crippen molar-refractivity contribution in [1.82, 2.24) is 9.47 Å². The van der Waals surface area contributed by atoms with Crippen molar-refractivity contribution in [3.63, 3.8) is 0 Å². The number of esters is 1. The summed E-state index contributed by atoms with van der Waals surface area (Å²) in [6.45, 7) is 8.44. The van der Waals surface area contributed by atoms with Crippen LogP contribution in [-0.2, 0) is 14.3 Å². The van der Waals surface area contributed by atoms with Gasteiger partial charge in [-0.3, -0.25) is 14.2 Å². The Balaban J connectivity index is 1.89. The van der Waals surface area contributed by atoms with Crippen LogP contribution in [0.1, 0.15) is 44.9 Å². The fraction of sp³-hybridized carbons (Fsp3) is 0.333. The van der Waals surface area contributed by atoms with Crippen LogP contribution in [0.15, 0.2) is 69.6 Å². The van der Waals surface area contributed by atoms with Gasteiger partial charge in [0, 0.05) is 24.2 Å². The van der Waals surface area contributed by atoms with Crippen LogP contribution in [0.4, 0.5) is 0 Å². The summed E-state index contributed by atoms with van der Waals surface area (Å²) < 4.78 is 18.3. The van der Waals surface area contributed by atoms with Crippen molar-refractivity contribution in [3.8, 4) is 11.5 Å². The lowest BCUT2D eigenvalue weighted by Crippen LogP contribution is -2.43. The largest absolute Gasteiger partial charge is 0.496 e. The molecule has 1 aromatic heterocycles. The minimum absolute atomic E-state index is 0.172. The van der Waals surface area contributed by atoms with Crippen molar-refractivity contribution in [3.05, 3.63) is 90.6 Å². The summed E-state index contributed by atoms with van der Waals surface area (Å²) in [5, 5.41) is 0. The monoisotopic (exact) mass is 563 g/mol. The van der Waals surface area contributed by atoms with Crippen LogP contribution >= 0.6 is 11.3 Å². The fourth-order valence-corrected chi connectivity index (χ4v) is 5.71. The molecule has 0 unspecified atom stereocenters. The van der Waals surface area contributed by atoms with Crippen molar-refractivity contribution in [2.45, 2.75) is 33.7 Å². The van der Waals surface area contributed by atoms with E-state index in [0.29, 0.717) is 56.3 Å². The molecule has 0 saturated carbocycles. The van der Waals surface area contributed by atoms with Gasteiger partial charge in [0.05, 0.1) is 29.5 Å². The molecule has 1 amide bonds. The Morgan fingerprint density at radius 1 is 1.05 bits per heavy atom. The number of carbonyl (C=O) groups is 2. The Hall–Kier alpha value is -4.18. The summed E-state index contributed by atoms with van der Waals surface area (Å²) in [7, 11) is 1.57. The van der Waals surface area contributed by atoms with Gasteiger partial charge in [-0.05, 0) is 45.9 Å². The number of nitrogens with zero attached hydrogens (tertiary/aromatic N) is 3. The molecule has 0 spiro atoms. The molecule has 40 heavy (non-hydrogen) atoms. The molecular formula is C30H33N3O6S. The predicted molar refractivity (Wildman–Crippen MR) is 153 cm³/mol. The normalized spacial score (nSPS) is 14.8. The molecule has 1 aliphatic rings. The van der Waals surface area contributed by atoms with Crippen LogP contribution in [0.25, 0.3) is 6.08 Å². The van der Waals surface area contributed by atoms with Gasteiger partial charge in [0.25, 0.3) is 11.5 Å². The van der Waals surface area contributed by atoms with Gasteiger partial charge < -0.3 is 19.1 Å². The first-order chi connectivity index (χ1) is 19.3. The fourth-order valence-electron chi connectivity index (χ4n) is 4.67. The van der Waals surface area contributed by atoms with Crippen LogP contribution in [0.2, 0.25) is 0 Å². The smallest absolute Gasteiger partial charge is 0.344 e. The highest BCUT2D eigenvalue weighted by Gasteiger charge is 2.35. The van der Waals surface area contributed by atoms with E-state index in [2.05, 4.69) is 0 Å². The van der Waals surface area contributed by atoms with Gasteiger partial charge >= 0.3 is 5.97 Å². The lowest BCUT2D eigenvalue weighted by molar-refractivity contribution is -0.145. The molecule has 10 heteroatoms. The number of allylic oxidation sites excluding steroid dienone is 1. The molecule has 1 aliphatic heterocycles. The number of para-hydroxylation sites is 2. The molecule has 0 N–H and O–H groups in total. The summed E-state index contributed by atoms with van der Waals surface area (Å²) >= 11 is 1.23. The summed E-state index contributed by atoms with van der Waals surface area (Å²) in [5.41, 5.74) is 2.02. The van der Waals surface area contributed by atoms with E-state index in [-0.39, 0.29) is 24.7 Å². The van der Waals surface area contributed by atoms with E-state index in [4.69, 9.17) is 19.2 Å². The van der Waals surface area contributed by atoms with Gasteiger partial charge in [0.1, 0.15) is 17.5 Å². The van der Waals surface area contributed by atoms with Crippen molar-refractivity contribution >= 4 is 29.3 Å². The Bertz CT molecular complexity index is 1620. The van der Waals surface area contributed by atoms with Crippen LogP contribution in [0.5, 0.6) is 11.5 Å². The molecule has 2 heterocycles. The molecule has 9 nitrogen and oxygen atoms in total. The number of likely N-dealkylation sites (N-methyl/N-ethyl adjacent to an activating group) is 1. The molecule has 3 aromatic rings. The zero-order chi connectivity index (χ0) is 28.8. The molecule has 0 aliphatic carbocycles. The SMILES string of the molecule is CCOC(=O)COc1ccccc1/C=c1/sc2n(c1=O)[C@H](c1ccccc1OC)C(C(=O)N(CC)CC)=C(C)N=2. The second kappa shape index (κ2) is 12.8. The minimum Gasteiger partial charge on any atom is -0.496 e. The first-order valence-corrected chi connectivity index (χ1v) is 14.0. The van der Waals surface area contributed by atoms with Crippen LogP contribution in [0.3, 0.4) is 0 Å². The molecule has 4 rings (SSSR count). The number of rotatable bonds is 10. The third-order valence-corrected chi connectivity index (χ3v) is 7.58. The van der Waals surface area contributed by atoms with E-state index in [9.17, 15) is 14.4 Å². The van der Waals surface area contributed by atoms with Gasteiger partial charge in [0.15, 0.2) is 11.4 Å². The first-order valence-electron chi connectivity index (χ1n) is 13.2. The topological polar surface area (TPSA) is 99.4 Å². The van der Waals surface area contributed by atoms with Gasteiger partial charge in [-0.2, -0.15) is 0 Å². The second-order valence-electron chi connectivity index (χ2n) is 8.93. The van der Waals surface area contributed by atoms with E-state index in [1.807, 2.05) is 44.2 Å². The Morgan fingerprint density at radius 3 is 2.40 bits per heavy atom. The zero-order valence-electron chi connectivity index (χ0n) is 23.3. The second-order valence-corrected chi connectivity index (χ2v) is 9.94. The number of methoxy groups -OCH3 is 1. The average molecular weight is 564 g/mol. The van der Waals surface area contributed by atoms with E-state index in [0.717, 1.165) is 0 Å². The third kappa shape index (κ3) is 5.72. The van der Waals surface area contributed by atoms with Crippen molar-refractivity contribution < 1.29 is 23.8 Å². The number of amides is 1. The molecule has 1 atom stereocenters. The maximum Gasteiger partial charge on any atom is 0.344 e. The third-order valence-electron chi connectivity index (χ3n) is 6.59. The summed E-state index contributed by atoms with van der Waals surface area (Å²) in [5.74, 6) is 0.360. The van der Waals surface area contributed by atoms with Crippen molar-refractivity contribution in [2.24, 2.45) is 4.99 Å². The van der Waals surface area contributed by atoms with E-state index < -0.39 is 12.0 Å². The molecule has 0 bridgehead atoms. The van der Waals surface area contributed by atoms with Gasteiger partial charge in [-0.1, -0.05) is 47.7 Å². The zero-order valence-corrected chi connectivity index (χ0v) is 24.1. The van der Waals surface area contributed by atoms with E-state index >= 15 is 0 Å². The quantitative estimate of drug-likeness (QED) is 0.352. The number of thiazole rings is 1. The number of ether oxygens (including phenoxy) is 3. The first kappa shape index (κ1) is 28.8. The highest BCUT2D eigenvalue weighted by atomic mass is 32.1. The molecule has 0 saturated heterocycles. The molecule has 210 valence electrons. The van der Waals surface area contributed by atoms with Gasteiger partial charge in [-0.15, -0.1) is 0 Å². The van der Waals surface area contributed by atoms with Crippen LogP contribution in [0, 0.1) is 0 Å². The number of hydrogen-bond donors (Lipinski definition) is 0. The van der Waals surface area contributed by atoms with Crippen molar-refractivity contribution in [2.75, 3.05) is 33.4 Å². The summed E-state index contributed by atoms with van der Waals surface area (Å²) in [6.07, 6.45) is 1.72. The standard InChI is InChI=1S/C30H33N3O6S/c1-6-32(7-2)29(36)26-19(4)31-30-33(27(26)21-14-10-12-16-23(21)37-5)28(35)24(40-30)17-20-13-9-11-15-22(20)39-18-25(34)38-8-3/h9-17,27H,6-8,18H2,1-5H3/b24-17+/t27-/m1/s1. The van der Waals surface area contributed by atoms with Crippen LogP contribution in [-0.4, -0.2) is 54.8 Å². The minimum atomic E-state index is -0.724. The van der Waals surface area contributed by atoms with Crippen LogP contribution < -0.4 is 24.4 Å². The Kier molecular flexibility index (Phi) is 9.21. The lowest BCUT2D eigenvalue weighted by atomic mass is 9.94. The Labute approximate surface area is 236 Å². The van der Waals surface area contributed by atoms with Gasteiger partial charge in [-0.25, -0.2) is 9.79 Å². The molecule has 0 radical (unpaired) electrons. The highest BCUT2D eigenvalue weighted by molar-refractivity contribution is 7.07. The van der Waals surface area contributed by atoms with Crippen molar-refractivity contribution in [1.29, 1.82) is 0 Å². The Morgan fingerprint density at radius 2 is 1.73 bits per heavy atom. The number of carbonyl (C=O) groups excluding carboxylic acids is 2.